The van der Waals surface area contributed by atoms with Crippen LogP contribution in [-0.2, 0) is 11.8 Å². The number of tetrazole rings is 1. The quantitative estimate of drug-likeness (QED) is 0.759. The molecule has 100 valence electrons. The summed E-state index contributed by atoms with van der Waals surface area (Å²) in [7, 11) is 3.39. The van der Waals surface area contributed by atoms with Crippen LogP contribution in [0.4, 0.5) is 5.95 Å². The van der Waals surface area contributed by atoms with Crippen LogP contribution in [0.5, 0.6) is 0 Å². The van der Waals surface area contributed by atoms with E-state index in [1.807, 2.05) is 19.9 Å². The van der Waals surface area contributed by atoms with Gasteiger partial charge >= 0.3 is 0 Å². The molecule has 6 heteroatoms. The molecule has 1 aromatic rings. The summed E-state index contributed by atoms with van der Waals surface area (Å²) in [6.07, 6.45) is 1.99. The first-order valence-corrected chi connectivity index (χ1v) is 6.06. The highest BCUT2D eigenvalue weighted by atomic mass is 16.2. The van der Waals surface area contributed by atoms with Gasteiger partial charge in [0.2, 0.25) is 0 Å². The van der Waals surface area contributed by atoms with E-state index in [2.05, 4.69) is 29.4 Å². The van der Waals surface area contributed by atoms with Crippen LogP contribution in [0.2, 0.25) is 0 Å². The standard InChI is InChI=1S/C12H21N5O/c1-8(2)7-10(9(3)4)11(18)16(5)12-13-14-15-17(12)6/h7-9H,1-6H3/b10-7+. The smallest absolute Gasteiger partial charge is 0.256 e. The van der Waals surface area contributed by atoms with Gasteiger partial charge in [-0.3, -0.25) is 9.69 Å². The minimum Gasteiger partial charge on any atom is -0.279 e. The second-order valence-electron chi connectivity index (χ2n) is 4.99. The normalized spacial score (nSPS) is 12.3. The Morgan fingerprint density at radius 1 is 1.33 bits per heavy atom. The number of carbonyl (C=O) groups is 1. The number of amides is 1. The molecule has 1 aromatic heterocycles. The lowest BCUT2D eigenvalue weighted by Gasteiger charge is -2.19. The molecule has 0 unspecified atom stereocenters. The highest BCUT2D eigenvalue weighted by Gasteiger charge is 2.22. The third-order valence-corrected chi connectivity index (χ3v) is 2.58. The Morgan fingerprint density at radius 2 is 1.94 bits per heavy atom. The minimum atomic E-state index is -0.0587. The molecule has 0 aliphatic carbocycles. The molecule has 1 rings (SSSR count). The van der Waals surface area contributed by atoms with E-state index in [4.69, 9.17) is 0 Å². The first kappa shape index (κ1) is 14.3. The molecule has 0 bridgehead atoms. The molecule has 1 amide bonds. The lowest BCUT2D eigenvalue weighted by atomic mass is 9.98. The predicted molar refractivity (Wildman–Crippen MR) is 70.0 cm³/mol. The summed E-state index contributed by atoms with van der Waals surface area (Å²) in [4.78, 5) is 13.9. The van der Waals surface area contributed by atoms with Crippen molar-refractivity contribution in [3.05, 3.63) is 11.6 Å². The van der Waals surface area contributed by atoms with Crippen LogP contribution in [0.15, 0.2) is 11.6 Å². The molecular formula is C12H21N5O. The number of anilines is 1. The van der Waals surface area contributed by atoms with Gasteiger partial charge in [-0.25, -0.2) is 4.68 Å². The third kappa shape index (κ3) is 3.15. The van der Waals surface area contributed by atoms with E-state index in [0.717, 1.165) is 5.57 Å². The van der Waals surface area contributed by atoms with E-state index < -0.39 is 0 Å². The molecular weight excluding hydrogens is 230 g/mol. The summed E-state index contributed by atoms with van der Waals surface area (Å²) in [6.45, 7) is 8.13. The monoisotopic (exact) mass is 251 g/mol. The number of likely N-dealkylation sites (N-methyl/N-ethyl adjacent to an activating group) is 1. The van der Waals surface area contributed by atoms with Gasteiger partial charge in [-0.15, -0.1) is 0 Å². The topological polar surface area (TPSA) is 63.9 Å². The summed E-state index contributed by atoms with van der Waals surface area (Å²) < 4.78 is 1.48. The maximum Gasteiger partial charge on any atom is 0.256 e. The van der Waals surface area contributed by atoms with Crippen LogP contribution in [0.1, 0.15) is 27.7 Å². The Bertz CT molecular complexity index is 447. The van der Waals surface area contributed by atoms with Crippen molar-refractivity contribution < 1.29 is 4.79 Å². The van der Waals surface area contributed by atoms with Crippen molar-refractivity contribution >= 4 is 11.9 Å². The summed E-state index contributed by atoms with van der Waals surface area (Å²) >= 11 is 0. The van der Waals surface area contributed by atoms with Crippen molar-refractivity contribution in [1.82, 2.24) is 20.2 Å². The molecule has 0 radical (unpaired) electrons. The molecule has 0 saturated carbocycles. The highest BCUT2D eigenvalue weighted by molar-refractivity contribution is 6.04. The number of aromatic nitrogens is 4. The Kier molecular flexibility index (Phi) is 4.58. The largest absolute Gasteiger partial charge is 0.279 e. The van der Waals surface area contributed by atoms with E-state index in [1.165, 1.54) is 9.58 Å². The van der Waals surface area contributed by atoms with Gasteiger partial charge in [0.15, 0.2) is 0 Å². The Labute approximate surface area is 108 Å². The van der Waals surface area contributed by atoms with E-state index in [0.29, 0.717) is 11.9 Å². The molecule has 0 aliphatic rings. The number of rotatable bonds is 4. The number of aryl methyl sites for hydroxylation is 1. The Hall–Kier alpha value is -1.72. The third-order valence-electron chi connectivity index (χ3n) is 2.58. The second kappa shape index (κ2) is 5.75. The van der Waals surface area contributed by atoms with Crippen LogP contribution in [0, 0.1) is 11.8 Å². The number of hydrogen-bond acceptors (Lipinski definition) is 4. The van der Waals surface area contributed by atoms with E-state index in [-0.39, 0.29) is 11.8 Å². The van der Waals surface area contributed by atoms with Gasteiger partial charge in [0.25, 0.3) is 11.9 Å². The zero-order valence-corrected chi connectivity index (χ0v) is 11.9. The molecule has 0 aromatic carbocycles. The molecule has 0 fully saturated rings. The van der Waals surface area contributed by atoms with Crippen LogP contribution >= 0.6 is 0 Å². The molecule has 18 heavy (non-hydrogen) atoms. The lowest BCUT2D eigenvalue weighted by Crippen LogP contribution is -2.32. The van der Waals surface area contributed by atoms with E-state index in [1.54, 1.807) is 14.1 Å². The van der Waals surface area contributed by atoms with Crippen LogP contribution in [0.25, 0.3) is 0 Å². The van der Waals surface area contributed by atoms with Gasteiger partial charge in [-0.2, -0.15) is 0 Å². The number of hydrogen-bond donors (Lipinski definition) is 0. The molecule has 1 heterocycles. The number of nitrogens with zero attached hydrogens (tertiary/aromatic N) is 5. The molecule has 0 aliphatic heterocycles. The van der Waals surface area contributed by atoms with Crippen molar-refractivity contribution in [2.75, 3.05) is 11.9 Å². The lowest BCUT2D eigenvalue weighted by molar-refractivity contribution is -0.115. The van der Waals surface area contributed by atoms with Crippen molar-refractivity contribution in [1.29, 1.82) is 0 Å². The van der Waals surface area contributed by atoms with E-state index >= 15 is 0 Å². The fourth-order valence-electron chi connectivity index (χ4n) is 1.66. The van der Waals surface area contributed by atoms with Gasteiger partial charge < -0.3 is 0 Å². The van der Waals surface area contributed by atoms with Crippen LogP contribution < -0.4 is 4.90 Å². The van der Waals surface area contributed by atoms with Crippen LogP contribution in [-0.4, -0.2) is 33.2 Å². The highest BCUT2D eigenvalue weighted by Crippen LogP contribution is 2.18. The number of carbonyl (C=O) groups excluding carboxylic acids is 1. The fourth-order valence-corrected chi connectivity index (χ4v) is 1.66. The SMILES string of the molecule is CC(C)/C=C(/C(=O)N(C)c1nnnn1C)C(C)C. The van der Waals surface area contributed by atoms with Gasteiger partial charge in [0.05, 0.1) is 0 Å². The van der Waals surface area contributed by atoms with Gasteiger partial charge in [-0.1, -0.05) is 38.9 Å². The second-order valence-corrected chi connectivity index (χ2v) is 4.99. The fraction of sp³-hybridized carbons (Fsp3) is 0.667. The molecule has 6 nitrogen and oxygen atoms in total. The van der Waals surface area contributed by atoms with Crippen molar-refractivity contribution in [3.8, 4) is 0 Å². The number of allylic oxidation sites excluding steroid dienone is 1. The van der Waals surface area contributed by atoms with E-state index in [9.17, 15) is 4.79 Å². The molecule has 0 saturated heterocycles. The average molecular weight is 251 g/mol. The zero-order chi connectivity index (χ0) is 13.9. The first-order chi connectivity index (χ1) is 8.34. The summed E-state index contributed by atoms with van der Waals surface area (Å²) in [5, 5.41) is 11.1. The van der Waals surface area contributed by atoms with Crippen molar-refractivity contribution in [2.24, 2.45) is 18.9 Å². The Morgan fingerprint density at radius 3 is 2.33 bits per heavy atom. The summed E-state index contributed by atoms with van der Waals surface area (Å²) in [6, 6.07) is 0. The summed E-state index contributed by atoms with van der Waals surface area (Å²) in [5.41, 5.74) is 0.788. The maximum atomic E-state index is 12.4. The first-order valence-electron chi connectivity index (χ1n) is 6.06. The molecule has 0 atom stereocenters. The zero-order valence-electron chi connectivity index (χ0n) is 11.9. The van der Waals surface area contributed by atoms with Crippen molar-refractivity contribution in [2.45, 2.75) is 27.7 Å². The van der Waals surface area contributed by atoms with Gasteiger partial charge in [-0.05, 0) is 22.3 Å². The maximum absolute atomic E-state index is 12.4. The Balaban J connectivity index is 3.01. The van der Waals surface area contributed by atoms with Gasteiger partial charge in [0.1, 0.15) is 0 Å². The summed E-state index contributed by atoms with van der Waals surface area (Å²) in [5.74, 6) is 0.882. The van der Waals surface area contributed by atoms with Gasteiger partial charge in [0, 0.05) is 19.7 Å². The molecule has 0 N–H and O–H groups in total. The van der Waals surface area contributed by atoms with Crippen molar-refractivity contribution in [3.63, 3.8) is 0 Å². The van der Waals surface area contributed by atoms with Crippen LogP contribution in [0.3, 0.4) is 0 Å². The average Bonchev–Trinajstić information content (AvgIpc) is 2.69. The predicted octanol–water partition coefficient (Wildman–Crippen LogP) is 1.41. The minimum absolute atomic E-state index is 0.0587. The molecule has 0 spiro atoms.